The molecule has 0 saturated heterocycles. The van der Waals surface area contributed by atoms with Gasteiger partial charge in [-0.25, -0.2) is 14.8 Å². The summed E-state index contributed by atoms with van der Waals surface area (Å²) in [6.45, 7) is 3.83. The Bertz CT molecular complexity index is 2150. The van der Waals surface area contributed by atoms with E-state index in [4.69, 9.17) is 19.2 Å². The van der Waals surface area contributed by atoms with Gasteiger partial charge in [0.05, 0.1) is 18.8 Å². The zero-order chi connectivity index (χ0) is 39.3. The van der Waals surface area contributed by atoms with Crippen molar-refractivity contribution < 1.29 is 33.7 Å². The summed E-state index contributed by atoms with van der Waals surface area (Å²) in [5.41, 5.74) is 4.08. The van der Waals surface area contributed by atoms with Gasteiger partial charge in [-0.2, -0.15) is 0 Å². The monoisotopic (exact) mass is 743 g/mol. The third kappa shape index (κ3) is 10.9. The Morgan fingerprint density at radius 3 is 1.84 bits per heavy atom. The van der Waals surface area contributed by atoms with Gasteiger partial charge < -0.3 is 28.5 Å². The molecular weight excluding hydrogens is 699 g/mol. The summed E-state index contributed by atoms with van der Waals surface area (Å²) in [6.07, 6.45) is 4.21. The lowest BCUT2D eigenvalue weighted by atomic mass is 9.95. The van der Waals surface area contributed by atoms with Gasteiger partial charge >= 0.3 is 12.1 Å². The molecule has 0 spiro atoms. The molecule has 0 unspecified atom stereocenters. The van der Waals surface area contributed by atoms with Crippen LogP contribution in [-0.2, 0) is 25.5 Å². The Morgan fingerprint density at radius 1 is 0.764 bits per heavy atom. The van der Waals surface area contributed by atoms with Gasteiger partial charge in [-0.05, 0) is 54.3 Å². The molecule has 0 aliphatic rings. The summed E-state index contributed by atoms with van der Waals surface area (Å²) in [5, 5.41) is 9.62. The van der Waals surface area contributed by atoms with Crippen LogP contribution in [0.3, 0.4) is 0 Å². The van der Waals surface area contributed by atoms with Crippen LogP contribution < -0.4 is 14.2 Å². The lowest BCUT2D eigenvalue weighted by Gasteiger charge is -2.31. The van der Waals surface area contributed by atoms with Crippen molar-refractivity contribution in [2.75, 3.05) is 13.7 Å². The molecular formula is C43H45N5O7. The number of hydrogen-bond acceptors (Lipinski definition) is 8. The predicted molar refractivity (Wildman–Crippen MR) is 209 cm³/mol. The lowest BCUT2D eigenvalue weighted by Crippen LogP contribution is -2.41. The summed E-state index contributed by atoms with van der Waals surface area (Å²) in [7, 11) is 5.37. The summed E-state index contributed by atoms with van der Waals surface area (Å²) in [4.78, 5) is 45.7. The first-order chi connectivity index (χ1) is 26.5. The first-order valence-electron chi connectivity index (χ1n) is 17.7. The quantitative estimate of drug-likeness (QED) is 0.109. The fourth-order valence-corrected chi connectivity index (χ4v) is 5.94. The zero-order valence-corrected chi connectivity index (χ0v) is 31.5. The first kappa shape index (κ1) is 39.5. The number of aliphatic carboxylic acids is 1. The Morgan fingerprint density at radius 2 is 1.31 bits per heavy atom. The third-order valence-electron chi connectivity index (χ3n) is 8.53. The number of aromatic nitrogens is 4. The van der Waals surface area contributed by atoms with Crippen molar-refractivity contribution in [2.45, 2.75) is 32.9 Å². The van der Waals surface area contributed by atoms with Crippen LogP contribution in [0.5, 0.6) is 17.2 Å². The number of nitrogens with zero attached hydrogens (tertiary/aromatic N) is 5. The minimum Gasteiger partial charge on any atom is -0.497 e. The molecule has 0 bridgehead atoms. The van der Waals surface area contributed by atoms with Crippen molar-refractivity contribution in [1.82, 2.24) is 24.0 Å². The van der Waals surface area contributed by atoms with Crippen LogP contribution in [-0.4, -0.2) is 61.1 Å². The second kappa shape index (κ2) is 18.9. The smallest absolute Gasteiger partial charge is 0.416 e. The third-order valence-corrected chi connectivity index (χ3v) is 8.53. The molecule has 0 aliphatic heterocycles. The van der Waals surface area contributed by atoms with E-state index < -0.39 is 24.6 Å². The van der Waals surface area contributed by atoms with Gasteiger partial charge in [-0.1, -0.05) is 86.6 Å². The number of ether oxygens (including phenoxy) is 3. The molecule has 4 aromatic carbocycles. The van der Waals surface area contributed by atoms with Crippen LogP contribution in [0, 0.1) is 5.92 Å². The molecule has 55 heavy (non-hydrogen) atoms. The maximum absolute atomic E-state index is 13.2. The molecule has 6 rings (SSSR count). The highest BCUT2D eigenvalue weighted by Gasteiger charge is 2.30. The lowest BCUT2D eigenvalue weighted by molar-refractivity contribution is -0.138. The number of amides is 1. The number of methoxy groups -OCH3 is 1. The number of carboxylic acids is 1. The van der Waals surface area contributed by atoms with Crippen molar-refractivity contribution in [3.63, 3.8) is 0 Å². The SMILES string of the molecule is COc1ccc(OC(=O)N(CC(=O)O)[C@@H](CC(C)C)c2ccc(OCc3cn(C)c(-c4ccccc4)n3)cc2)cc1.Cn1cc(C=O)nc1-c1ccccc1. The van der Waals surface area contributed by atoms with E-state index in [1.54, 1.807) is 37.6 Å². The largest absolute Gasteiger partial charge is 0.497 e. The average molecular weight is 744 g/mol. The van der Waals surface area contributed by atoms with Crippen molar-refractivity contribution in [2.24, 2.45) is 20.0 Å². The number of aldehydes is 1. The number of aryl methyl sites for hydroxylation is 2. The fraction of sp³-hybridized carbons (Fsp3) is 0.233. The minimum atomic E-state index is -1.13. The van der Waals surface area contributed by atoms with Crippen molar-refractivity contribution in [3.05, 3.63) is 139 Å². The van der Waals surface area contributed by atoms with Gasteiger partial charge in [0.1, 0.15) is 47.7 Å². The van der Waals surface area contributed by atoms with Gasteiger partial charge in [0.15, 0.2) is 6.29 Å². The fourth-order valence-electron chi connectivity index (χ4n) is 5.94. The summed E-state index contributed by atoms with van der Waals surface area (Å²) in [5.74, 6) is 2.27. The highest BCUT2D eigenvalue weighted by molar-refractivity contribution is 5.78. The van der Waals surface area contributed by atoms with Gasteiger partial charge in [-0.15, -0.1) is 0 Å². The van der Waals surface area contributed by atoms with Crippen LogP contribution >= 0.6 is 0 Å². The number of hydrogen-bond donors (Lipinski definition) is 1. The number of carbonyl (C=O) groups excluding carboxylic acids is 2. The zero-order valence-electron chi connectivity index (χ0n) is 31.5. The minimum absolute atomic E-state index is 0.184. The highest BCUT2D eigenvalue weighted by Crippen LogP contribution is 2.31. The van der Waals surface area contributed by atoms with Crippen LogP contribution in [0.25, 0.3) is 22.8 Å². The number of rotatable bonds is 14. The molecule has 6 aromatic rings. The normalized spacial score (nSPS) is 11.2. The Hall–Kier alpha value is -6.69. The van der Waals surface area contributed by atoms with Crippen molar-refractivity contribution in [3.8, 4) is 40.0 Å². The van der Waals surface area contributed by atoms with E-state index >= 15 is 0 Å². The summed E-state index contributed by atoms with van der Waals surface area (Å²) in [6, 6.07) is 33.1. The van der Waals surface area contributed by atoms with E-state index in [-0.39, 0.29) is 12.5 Å². The van der Waals surface area contributed by atoms with Crippen molar-refractivity contribution >= 4 is 18.3 Å². The van der Waals surface area contributed by atoms with Gasteiger partial charge in [0.25, 0.3) is 0 Å². The number of carboxylic acid groups (broad SMARTS) is 1. The van der Waals surface area contributed by atoms with Crippen molar-refractivity contribution in [1.29, 1.82) is 0 Å². The Balaban J connectivity index is 0.000000345. The molecule has 0 saturated carbocycles. The van der Waals surface area contributed by atoms with E-state index in [9.17, 15) is 19.5 Å². The second-order valence-electron chi connectivity index (χ2n) is 13.2. The second-order valence-corrected chi connectivity index (χ2v) is 13.2. The molecule has 1 N–H and O–H groups in total. The van der Waals surface area contributed by atoms with E-state index in [2.05, 4.69) is 4.98 Å². The maximum Gasteiger partial charge on any atom is 0.416 e. The van der Waals surface area contributed by atoms with Crippen LogP contribution in [0.2, 0.25) is 0 Å². The van der Waals surface area contributed by atoms with E-state index in [1.807, 2.05) is 128 Å². The molecule has 1 atom stereocenters. The Labute approximate surface area is 320 Å². The van der Waals surface area contributed by atoms with Crippen LogP contribution in [0.15, 0.2) is 122 Å². The maximum atomic E-state index is 13.2. The molecule has 12 nitrogen and oxygen atoms in total. The molecule has 0 aliphatic carbocycles. The van der Waals surface area contributed by atoms with Crippen LogP contribution in [0.4, 0.5) is 4.79 Å². The number of carbonyl (C=O) groups is 3. The number of benzene rings is 4. The molecule has 2 heterocycles. The first-order valence-corrected chi connectivity index (χ1v) is 17.7. The molecule has 0 fully saturated rings. The molecule has 0 radical (unpaired) electrons. The highest BCUT2D eigenvalue weighted by atomic mass is 16.6. The predicted octanol–water partition coefficient (Wildman–Crippen LogP) is 8.25. The number of imidazole rings is 2. The molecule has 1 amide bonds. The Kier molecular flexibility index (Phi) is 13.6. The van der Waals surface area contributed by atoms with E-state index in [0.29, 0.717) is 29.4 Å². The van der Waals surface area contributed by atoms with Gasteiger partial charge in [-0.3, -0.25) is 14.5 Å². The molecule has 2 aromatic heterocycles. The standard InChI is InChI=1S/C32H35N3O6.C11H10N2O/c1-22(2)18-29(35(20-30(36)37)32(38)41-28-16-14-26(39-4)15-17-28)23-10-12-27(13-11-23)40-21-25-19-34(3)31(33-25)24-8-6-5-7-9-24;1-13-7-10(8-14)12-11(13)9-5-3-2-4-6-9/h5-17,19,22,29H,18,20-21H2,1-4H3,(H,36,37);2-8H,1H3/t29-;/m0./s1. The van der Waals surface area contributed by atoms with E-state index in [1.165, 1.54) is 4.90 Å². The summed E-state index contributed by atoms with van der Waals surface area (Å²) < 4.78 is 20.5. The molecule has 12 heteroatoms. The average Bonchev–Trinajstić information content (AvgIpc) is 3.77. The topological polar surface area (TPSA) is 138 Å². The van der Waals surface area contributed by atoms with Crippen LogP contribution in [0.1, 0.15) is 48.1 Å². The summed E-state index contributed by atoms with van der Waals surface area (Å²) >= 11 is 0. The van der Waals surface area contributed by atoms with Gasteiger partial charge in [0, 0.05) is 37.6 Å². The van der Waals surface area contributed by atoms with Gasteiger partial charge in [0.2, 0.25) is 0 Å². The molecule has 284 valence electrons. The van der Waals surface area contributed by atoms with E-state index in [0.717, 1.165) is 40.3 Å².